The van der Waals surface area contributed by atoms with Crippen molar-refractivity contribution in [3.63, 3.8) is 0 Å². The van der Waals surface area contributed by atoms with Gasteiger partial charge in [-0.2, -0.15) is 5.10 Å². The van der Waals surface area contributed by atoms with Crippen LogP contribution in [0.5, 0.6) is 0 Å². The standard InChI is InChI=1S/C23H33ClN6O.HI/c1-3-25-23(30-11-12-31-22(17-30)19-14-27-28(2)16-19)26-15-21(29-9-4-5-10-29)18-7-6-8-20(24)13-18;/h6-8,13-14,16,21-22H,3-5,9-12,15,17H2,1-2H3,(H,25,26);1H. The third kappa shape index (κ3) is 6.36. The monoisotopic (exact) mass is 572 g/mol. The smallest absolute Gasteiger partial charge is 0.194 e. The van der Waals surface area contributed by atoms with E-state index in [-0.39, 0.29) is 36.1 Å². The Balaban J connectivity index is 0.00000289. The van der Waals surface area contributed by atoms with E-state index in [1.165, 1.54) is 18.4 Å². The van der Waals surface area contributed by atoms with Gasteiger partial charge in [0.15, 0.2) is 5.96 Å². The zero-order valence-electron chi connectivity index (χ0n) is 18.9. The second-order valence-electron chi connectivity index (χ2n) is 8.26. The van der Waals surface area contributed by atoms with Gasteiger partial charge in [-0.25, -0.2) is 0 Å². The van der Waals surface area contributed by atoms with Crippen molar-refractivity contribution in [2.24, 2.45) is 12.0 Å². The summed E-state index contributed by atoms with van der Waals surface area (Å²) in [5, 5.41) is 8.57. The average molecular weight is 573 g/mol. The number of morpholine rings is 1. The van der Waals surface area contributed by atoms with E-state index >= 15 is 0 Å². The van der Waals surface area contributed by atoms with Crippen molar-refractivity contribution in [1.29, 1.82) is 0 Å². The van der Waals surface area contributed by atoms with Gasteiger partial charge in [0.25, 0.3) is 0 Å². The molecule has 0 radical (unpaired) electrons. The fraction of sp³-hybridized carbons (Fsp3) is 0.565. The molecule has 176 valence electrons. The van der Waals surface area contributed by atoms with Crippen LogP contribution in [-0.4, -0.2) is 71.4 Å². The van der Waals surface area contributed by atoms with Crippen molar-refractivity contribution in [1.82, 2.24) is 24.9 Å². The first kappa shape index (κ1) is 25.3. The summed E-state index contributed by atoms with van der Waals surface area (Å²) in [4.78, 5) is 9.94. The normalized spacial score (nSPS) is 20.8. The third-order valence-electron chi connectivity index (χ3n) is 6.03. The molecule has 1 aromatic heterocycles. The van der Waals surface area contributed by atoms with Crippen LogP contribution in [0.15, 0.2) is 41.7 Å². The lowest BCUT2D eigenvalue weighted by Gasteiger charge is -2.35. The Bertz CT molecular complexity index is 885. The number of benzene rings is 1. The van der Waals surface area contributed by atoms with Crippen LogP contribution in [0, 0.1) is 0 Å². The van der Waals surface area contributed by atoms with Crippen molar-refractivity contribution < 1.29 is 4.74 Å². The van der Waals surface area contributed by atoms with Crippen LogP contribution >= 0.6 is 35.6 Å². The number of aromatic nitrogens is 2. The highest BCUT2D eigenvalue weighted by atomic mass is 127. The number of likely N-dealkylation sites (tertiary alicyclic amines) is 1. The molecule has 0 bridgehead atoms. The Morgan fingerprint density at radius 2 is 2.12 bits per heavy atom. The SMILES string of the molecule is CCNC(=NCC(c1cccc(Cl)c1)N1CCCC1)N1CCOC(c2cnn(C)c2)C1.I. The van der Waals surface area contributed by atoms with Crippen LogP contribution in [0.4, 0.5) is 0 Å². The molecule has 4 rings (SSSR count). The predicted octanol–water partition coefficient (Wildman–Crippen LogP) is 3.87. The number of rotatable bonds is 6. The summed E-state index contributed by atoms with van der Waals surface area (Å²) in [6.07, 6.45) is 6.42. The lowest BCUT2D eigenvalue weighted by atomic mass is 10.1. The summed E-state index contributed by atoms with van der Waals surface area (Å²) in [5.41, 5.74) is 2.35. The molecule has 2 atom stereocenters. The molecule has 0 amide bonds. The minimum Gasteiger partial charge on any atom is -0.370 e. The second kappa shape index (κ2) is 12.2. The second-order valence-corrected chi connectivity index (χ2v) is 8.70. The van der Waals surface area contributed by atoms with Gasteiger partial charge in [0.2, 0.25) is 0 Å². The molecule has 2 aliphatic rings. The van der Waals surface area contributed by atoms with Crippen LogP contribution in [0.2, 0.25) is 5.02 Å². The molecule has 1 aromatic carbocycles. The molecule has 0 saturated carbocycles. The fourth-order valence-corrected chi connectivity index (χ4v) is 4.65. The summed E-state index contributed by atoms with van der Waals surface area (Å²) in [6, 6.07) is 8.47. The van der Waals surface area contributed by atoms with Crippen molar-refractivity contribution in [2.45, 2.75) is 31.9 Å². The highest BCUT2D eigenvalue weighted by molar-refractivity contribution is 14.0. The lowest BCUT2D eigenvalue weighted by Crippen LogP contribution is -2.48. The van der Waals surface area contributed by atoms with Gasteiger partial charge in [0.1, 0.15) is 6.10 Å². The van der Waals surface area contributed by atoms with Gasteiger partial charge < -0.3 is 15.0 Å². The number of guanidine groups is 1. The molecule has 0 spiro atoms. The van der Waals surface area contributed by atoms with E-state index in [4.69, 9.17) is 21.3 Å². The molecular formula is C23H34ClIN6O. The number of halogens is 2. The molecule has 7 nitrogen and oxygen atoms in total. The molecular weight excluding hydrogens is 539 g/mol. The first-order valence-electron chi connectivity index (χ1n) is 11.3. The number of aryl methyl sites for hydroxylation is 1. The Labute approximate surface area is 213 Å². The number of nitrogens with zero attached hydrogens (tertiary/aromatic N) is 5. The Morgan fingerprint density at radius 3 is 2.81 bits per heavy atom. The van der Waals surface area contributed by atoms with Crippen molar-refractivity contribution >= 4 is 41.5 Å². The van der Waals surface area contributed by atoms with Crippen molar-refractivity contribution in [3.8, 4) is 0 Å². The molecule has 2 saturated heterocycles. The van der Waals surface area contributed by atoms with Crippen LogP contribution in [-0.2, 0) is 11.8 Å². The Kier molecular flexibility index (Phi) is 9.63. The molecule has 2 fully saturated rings. The molecule has 3 heterocycles. The van der Waals surface area contributed by atoms with Crippen LogP contribution < -0.4 is 5.32 Å². The minimum atomic E-state index is 0. The Morgan fingerprint density at radius 1 is 1.31 bits per heavy atom. The van der Waals surface area contributed by atoms with E-state index in [0.29, 0.717) is 13.2 Å². The molecule has 2 unspecified atom stereocenters. The van der Waals surface area contributed by atoms with Gasteiger partial charge in [-0.05, 0) is 50.6 Å². The number of hydrogen-bond donors (Lipinski definition) is 1. The quantitative estimate of drug-likeness (QED) is 0.324. The maximum absolute atomic E-state index is 6.31. The maximum Gasteiger partial charge on any atom is 0.194 e. The van der Waals surface area contributed by atoms with Crippen LogP contribution in [0.25, 0.3) is 0 Å². The van der Waals surface area contributed by atoms with Crippen LogP contribution in [0.1, 0.15) is 43.0 Å². The van der Waals surface area contributed by atoms with Gasteiger partial charge in [-0.1, -0.05) is 23.7 Å². The maximum atomic E-state index is 6.31. The van der Waals surface area contributed by atoms with Crippen LogP contribution in [0.3, 0.4) is 0 Å². The van der Waals surface area contributed by atoms with E-state index < -0.39 is 0 Å². The topological polar surface area (TPSA) is 57.9 Å². The highest BCUT2D eigenvalue weighted by Crippen LogP contribution is 2.28. The van der Waals surface area contributed by atoms with E-state index in [2.05, 4.69) is 39.3 Å². The molecule has 2 aliphatic heterocycles. The largest absolute Gasteiger partial charge is 0.370 e. The van der Waals surface area contributed by atoms with E-state index in [1.54, 1.807) is 0 Å². The van der Waals surface area contributed by atoms with Crippen molar-refractivity contribution in [2.75, 3.05) is 45.9 Å². The summed E-state index contributed by atoms with van der Waals surface area (Å²) < 4.78 is 7.85. The first-order valence-corrected chi connectivity index (χ1v) is 11.6. The number of aliphatic imine (C=N–C) groups is 1. The van der Waals surface area contributed by atoms with E-state index in [1.807, 2.05) is 36.3 Å². The van der Waals surface area contributed by atoms with Gasteiger partial charge in [-0.3, -0.25) is 14.6 Å². The summed E-state index contributed by atoms with van der Waals surface area (Å²) in [7, 11) is 1.93. The number of hydrogen-bond acceptors (Lipinski definition) is 4. The van der Waals surface area contributed by atoms with Gasteiger partial charge in [0.05, 0.1) is 31.9 Å². The fourth-order valence-electron chi connectivity index (χ4n) is 4.45. The summed E-state index contributed by atoms with van der Waals surface area (Å²) in [5.74, 6) is 0.950. The minimum absolute atomic E-state index is 0. The number of nitrogens with one attached hydrogen (secondary N) is 1. The lowest BCUT2D eigenvalue weighted by molar-refractivity contribution is -0.00808. The first-order chi connectivity index (χ1) is 15.1. The van der Waals surface area contributed by atoms with Gasteiger partial charge in [0, 0.05) is 36.9 Å². The summed E-state index contributed by atoms with van der Waals surface area (Å²) in [6.45, 7) is 8.15. The summed E-state index contributed by atoms with van der Waals surface area (Å²) >= 11 is 6.31. The highest BCUT2D eigenvalue weighted by Gasteiger charge is 2.27. The molecule has 9 heteroatoms. The molecule has 32 heavy (non-hydrogen) atoms. The molecule has 0 aliphatic carbocycles. The number of ether oxygens (including phenoxy) is 1. The average Bonchev–Trinajstić information content (AvgIpc) is 3.46. The van der Waals surface area contributed by atoms with E-state index in [9.17, 15) is 0 Å². The van der Waals surface area contributed by atoms with E-state index in [0.717, 1.165) is 49.3 Å². The third-order valence-corrected chi connectivity index (χ3v) is 6.26. The molecule has 2 aromatic rings. The van der Waals surface area contributed by atoms with Gasteiger partial charge >= 0.3 is 0 Å². The zero-order valence-corrected chi connectivity index (χ0v) is 22.0. The van der Waals surface area contributed by atoms with Crippen molar-refractivity contribution in [3.05, 3.63) is 52.8 Å². The van der Waals surface area contributed by atoms with Gasteiger partial charge in [-0.15, -0.1) is 24.0 Å². The predicted molar refractivity (Wildman–Crippen MR) is 140 cm³/mol. The molecule has 1 N–H and O–H groups in total. The Hall–Kier alpha value is -1.36. The zero-order chi connectivity index (χ0) is 21.6.